The van der Waals surface area contributed by atoms with Crippen molar-refractivity contribution in [2.75, 3.05) is 36.4 Å². The lowest BCUT2D eigenvalue weighted by molar-refractivity contribution is 0.0766. The number of likely N-dealkylation sites (tertiary alicyclic amines) is 1. The van der Waals surface area contributed by atoms with Crippen molar-refractivity contribution < 1.29 is 14.3 Å². The number of aliphatic hydroxyl groups is 1. The van der Waals surface area contributed by atoms with Gasteiger partial charge in [-0.2, -0.15) is 0 Å². The van der Waals surface area contributed by atoms with Crippen molar-refractivity contribution in [1.82, 2.24) is 4.90 Å². The molecule has 5 nitrogen and oxygen atoms in total. The molecule has 2 fully saturated rings. The molecular formula is C18H26FN3O2. The summed E-state index contributed by atoms with van der Waals surface area (Å²) in [7, 11) is 0. The van der Waals surface area contributed by atoms with Gasteiger partial charge in [0.1, 0.15) is 5.82 Å². The zero-order valence-corrected chi connectivity index (χ0v) is 14.2. The third-order valence-corrected chi connectivity index (χ3v) is 5.07. The minimum absolute atomic E-state index is 0.110. The van der Waals surface area contributed by atoms with E-state index in [0.717, 1.165) is 38.8 Å². The molecule has 0 saturated carbocycles. The predicted octanol–water partition coefficient (Wildman–Crippen LogP) is 3.05. The van der Waals surface area contributed by atoms with Gasteiger partial charge in [-0.05, 0) is 50.8 Å². The minimum Gasteiger partial charge on any atom is -0.393 e. The average molecular weight is 335 g/mol. The molecule has 2 N–H and O–H groups in total. The Morgan fingerprint density at radius 2 is 2.04 bits per heavy atom. The summed E-state index contributed by atoms with van der Waals surface area (Å²) in [6, 6.07) is 4.66. The number of nitrogens with zero attached hydrogens (tertiary/aromatic N) is 2. The Kier molecular flexibility index (Phi) is 5.23. The lowest BCUT2D eigenvalue weighted by Gasteiger charge is -2.34. The molecule has 0 aliphatic carbocycles. The van der Waals surface area contributed by atoms with Crippen LogP contribution in [-0.2, 0) is 0 Å². The summed E-state index contributed by atoms with van der Waals surface area (Å²) in [5.74, 6) is -0.186. The molecule has 2 saturated heterocycles. The van der Waals surface area contributed by atoms with Crippen molar-refractivity contribution >= 4 is 17.4 Å². The van der Waals surface area contributed by atoms with Gasteiger partial charge in [0.25, 0.3) is 0 Å². The number of hydrogen-bond donors (Lipinski definition) is 2. The number of piperidine rings is 1. The predicted molar refractivity (Wildman–Crippen MR) is 92.8 cm³/mol. The topological polar surface area (TPSA) is 55.8 Å². The smallest absolute Gasteiger partial charge is 0.321 e. The summed E-state index contributed by atoms with van der Waals surface area (Å²) >= 11 is 0. The summed E-state index contributed by atoms with van der Waals surface area (Å²) in [6.45, 7) is 4.74. The number of hydrogen-bond acceptors (Lipinski definition) is 3. The average Bonchev–Trinajstić information content (AvgIpc) is 3.09. The van der Waals surface area contributed by atoms with Gasteiger partial charge in [-0.1, -0.05) is 0 Å². The van der Waals surface area contributed by atoms with Crippen LogP contribution in [0, 0.1) is 11.7 Å². The van der Waals surface area contributed by atoms with E-state index in [1.54, 1.807) is 24.0 Å². The Morgan fingerprint density at radius 1 is 1.29 bits per heavy atom. The second-order valence-corrected chi connectivity index (χ2v) is 6.88. The van der Waals surface area contributed by atoms with Crippen LogP contribution in [0.3, 0.4) is 0 Å². The summed E-state index contributed by atoms with van der Waals surface area (Å²) in [5, 5.41) is 12.5. The molecule has 2 atom stereocenters. The molecule has 2 heterocycles. The highest BCUT2D eigenvalue weighted by Crippen LogP contribution is 2.26. The highest BCUT2D eigenvalue weighted by Gasteiger charge is 2.26. The van der Waals surface area contributed by atoms with E-state index in [1.807, 2.05) is 4.90 Å². The molecule has 1 aromatic rings. The fourth-order valence-electron chi connectivity index (χ4n) is 3.59. The summed E-state index contributed by atoms with van der Waals surface area (Å²) in [5.41, 5.74) is 1.08. The maximum Gasteiger partial charge on any atom is 0.321 e. The van der Waals surface area contributed by atoms with Gasteiger partial charge in [-0.3, -0.25) is 0 Å². The molecule has 1 aromatic carbocycles. The Morgan fingerprint density at radius 3 is 2.71 bits per heavy atom. The Labute approximate surface area is 142 Å². The first kappa shape index (κ1) is 17.0. The van der Waals surface area contributed by atoms with Crippen LogP contribution in [-0.4, -0.2) is 48.3 Å². The Hall–Kier alpha value is -1.82. The van der Waals surface area contributed by atoms with Gasteiger partial charge in [0, 0.05) is 37.8 Å². The van der Waals surface area contributed by atoms with Crippen molar-refractivity contribution in [2.24, 2.45) is 5.92 Å². The van der Waals surface area contributed by atoms with E-state index in [-0.39, 0.29) is 17.8 Å². The molecule has 2 unspecified atom stereocenters. The first-order valence-corrected chi connectivity index (χ1v) is 8.83. The maximum absolute atomic E-state index is 14.3. The first-order chi connectivity index (χ1) is 11.5. The van der Waals surface area contributed by atoms with Crippen LogP contribution in [0.2, 0.25) is 0 Å². The van der Waals surface area contributed by atoms with E-state index in [9.17, 15) is 14.3 Å². The van der Waals surface area contributed by atoms with Crippen LogP contribution in [0.15, 0.2) is 18.2 Å². The van der Waals surface area contributed by atoms with Crippen LogP contribution in [0.25, 0.3) is 0 Å². The quantitative estimate of drug-likeness (QED) is 0.893. The van der Waals surface area contributed by atoms with E-state index < -0.39 is 6.10 Å². The largest absolute Gasteiger partial charge is 0.393 e. The normalized spacial score (nSPS) is 22.5. The number of nitrogens with one attached hydrogen (secondary N) is 1. The van der Waals surface area contributed by atoms with Crippen LogP contribution in [0.4, 0.5) is 20.6 Å². The van der Waals surface area contributed by atoms with Crippen molar-refractivity contribution in [3.05, 3.63) is 24.0 Å². The van der Waals surface area contributed by atoms with Gasteiger partial charge in [0.15, 0.2) is 0 Å². The fraction of sp³-hybridized carbons (Fsp3) is 0.611. The molecule has 2 aliphatic rings. The number of amides is 2. The molecule has 0 spiro atoms. The Balaban J connectivity index is 1.63. The zero-order valence-electron chi connectivity index (χ0n) is 14.2. The standard InChI is InChI=1S/C18H26FN3O2/c1-13(23)14-5-4-10-22(12-14)18(24)20-15-6-7-17(16(19)11-15)21-8-2-3-9-21/h6-7,11,13-14,23H,2-5,8-10,12H2,1H3,(H,20,24). The number of carbonyl (C=O) groups excluding carboxylic acids is 1. The molecule has 132 valence electrons. The van der Waals surface area contributed by atoms with E-state index in [1.165, 1.54) is 6.07 Å². The van der Waals surface area contributed by atoms with E-state index in [4.69, 9.17) is 0 Å². The third-order valence-electron chi connectivity index (χ3n) is 5.07. The van der Waals surface area contributed by atoms with Gasteiger partial charge < -0.3 is 20.2 Å². The van der Waals surface area contributed by atoms with Gasteiger partial charge in [-0.15, -0.1) is 0 Å². The van der Waals surface area contributed by atoms with Crippen molar-refractivity contribution in [3.8, 4) is 0 Å². The highest BCUT2D eigenvalue weighted by atomic mass is 19.1. The minimum atomic E-state index is -0.419. The fourth-order valence-corrected chi connectivity index (χ4v) is 3.59. The molecule has 2 amide bonds. The Bertz CT molecular complexity index is 588. The van der Waals surface area contributed by atoms with Crippen LogP contribution >= 0.6 is 0 Å². The van der Waals surface area contributed by atoms with Gasteiger partial charge in [-0.25, -0.2) is 9.18 Å². The van der Waals surface area contributed by atoms with E-state index in [0.29, 0.717) is 24.5 Å². The van der Waals surface area contributed by atoms with E-state index in [2.05, 4.69) is 5.32 Å². The maximum atomic E-state index is 14.3. The second kappa shape index (κ2) is 7.38. The molecule has 3 rings (SSSR count). The summed E-state index contributed by atoms with van der Waals surface area (Å²) < 4.78 is 14.3. The van der Waals surface area contributed by atoms with Gasteiger partial charge in [0.05, 0.1) is 11.8 Å². The first-order valence-electron chi connectivity index (χ1n) is 8.83. The summed E-state index contributed by atoms with van der Waals surface area (Å²) in [4.78, 5) is 16.1. The van der Waals surface area contributed by atoms with Crippen LogP contribution < -0.4 is 10.2 Å². The number of urea groups is 1. The zero-order chi connectivity index (χ0) is 17.1. The van der Waals surface area contributed by atoms with Gasteiger partial charge in [0.2, 0.25) is 0 Å². The molecule has 0 bridgehead atoms. The number of benzene rings is 1. The SMILES string of the molecule is CC(O)C1CCCN(C(=O)Nc2ccc(N3CCCC3)c(F)c2)C1. The van der Waals surface area contributed by atoms with Crippen molar-refractivity contribution in [3.63, 3.8) is 0 Å². The lowest BCUT2D eigenvalue weighted by Crippen LogP contribution is -2.44. The van der Waals surface area contributed by atoms with Crippen molar-refractivity contribution in [2.45, 2.75) is 38.7 Å². The van der Waals surface area contributed by atoms with E-state index >= 15 is 0 Å². The number of anilines is 2. The van der Waals surface area contributed by atoms with Crippen LogP contribution in [0.1, 0.15) is 32.6 Å². The monoisotopic (exact) mass is 335 g/mol. The summed E-state index contributed by atoms with van der Waals surface area (Å²) in [6.07, 6.45) is 3.58. The highest BCUT2D eigenvalue weighted by molar-refractivity contribution is 5.89. The second-order valence-electron chi connectivity index (χ2n) is 6.88. The molecule has 24 heavy (non-hydrogen) atoms. The number of aliphatic hydroxyl groups excluding tert-OH is 1. The van der Waals surface area contributed by atoms with Crippen LogP contribution in [0.5, 0.6) is 0 Å². The molecule has 0 aromatic heterocycles. The molecule has 6 heteroatoms. The molecular weight excluding hydrogens is 309 g/mol. The molecule has 2 aliphatic heterocycles. The van der Waals surface area contributed by atoms with Gasteiger partial charge >= 0.3 is 6.03 Å². The lowest BCUT2D eigenvalue weighted by atomic mass is 9.94. The number of halogens is 1. The van der Waals surface area contributed by atoms with Crippen molar-refractivity contribution in [1.29, 1.82) is 0 Å². The third kappa shape index (κ3) is 3.80. The number of rotatable bonds is 3. The number of carbonyl (C=O) groups is 1. The molecule has 0 radical (unpaired) electrons.